The van der Waals surface area contributed by atoms with Crippen LogP contribution in [0, 0.1) is 12.7 Å². The number of rotatable bonds is 3. The van der Waals surface area contributed by atoms with Crippen molar-refractivity contribution in [1.29, 1.82) is 0 Å². The van der Waals surface area contributed by atoms with Gasteiger partial charge in [-0.2, -0.15) is 0 Å². The zero-order valence-corrected chi connectivity index (χ0v) is 9.03. The summed E-state index contributed by atoms with van der Waals surface area (Å²) in [5, 5.41) is 2.48. The minimum absolute atomic E-state index is 0.115. The summed E-state index contributed by atoms with van der Waals surface area (Å²) >= 11 is 4.60. The molecule has 1 rings (SSSR count). The molecule has 0 radical (unpaired) electrons. The molecule has 15 heavy (non-hydrogen) atoms. The van der Waals surface area contributed by atoms with Crippen molar-refractivity contribution in [3.63, 3.8) is 0 Å². The number of amides is 1. The van der Waals surface area contributed by atoms with Crippen molar-refractivity contribution >= 4 is 23.1 Å². The van der Waals surface area contributed by atoms with Crippen molar-refractivity contribution in [1.82, 2.24) is 5.32 Å². The Morgan fingerprint density at radius 2 is 2.20 bits per heavy atom. The highest BCUT2D eigenvalue weighted by Gasteiger charge is 2.07. The van der Waals surface area contributed by atoms with E-state index in [2.05, 4.69) is 17.5 Å². The average molecular weight is 226 g/mol. The molecule has 3 N–H and O–H groups in total. The Labute approximate surface area is 92.5 Å². The van der Waals surface area contributed by atoms with E-state index in [1.165, 1.54) is 12.1 Å². The van der Waals surface area contributed by atoms with Crippen LogP contribution in [0.4, 0.5) is 4.39 Å². The lowest BCUT2D eigenvalue weighted by molar-refractivity contribution is 0.0959. The summed E-state index contributed by atoms with van der Waals surface area (Å²) in [6, 6.07) is 4.12. The van der Waals surface area contributed by atoms with Gasteiger partial charge in [0.05, 0.1) is 11.5 Å². The SMILES string of the molecule is Cc1cc(F)cc(C(=O)NCC(N)=S)c1. The van der Waals surface area contributed by atoms with Gasteiger partial charge in [-0.15, -0.1) is 0 Å². The van der Waals surface area contributed by atoms with E-state index in [-0.39, 0.29) is 23.0 Å². The van der Waals surface area contributed by atoms with E-state index in [0.717, 1.165) is 0 Å². The van der Waals surface area contributed by atoms with Crippen LogP contribution in [0.5, 0.6) is 0 Å². The van der Waals surface area contributed by atoms with Crippen molar-refractivity contribution in [2.24, 2.45) is 5.73 Å². The first kappa shape index (κ1) is 11.6. The summed E-state index contributed by atoms with van der Waals surface area (Å²) in [6.07, 6.45) is 0. The predicted molar refractivity (Wildman–Crippen MR) is 60.3 cm³/mol. The summed E-state index contributed by atoms with van der Waals surface area (Å²) in [5.74, 6) is -0.819. The van der Waals surface area contributed by atoms with Crippen LogP contribution in [-0.4, -0.2) is 17.4 Å². The van der Waals surface area contributed by atoms with Crippen molar-refractivity contribution in [2.75, 3.05) is 6.54 Å². The molecule has 5 heteroatoms. The number of carbonyl (C=O) groups is 1. The molecule has 0 spiro atoms. The van der Waals surface area contributed by atoms with Crippen LogP contribution >= 0.6 is 12.2 Å². The molecule has 1 aromatic carbocycles. The monoisotopic (exact) mass is 226 g/mol. The summed E-state index contributed by atoms with van der Waals surface area (Å²) in [5.41, 5.74) is 6.18. The number of benzene rings is 1. The van der Waals surface area contributed by atoms with E-state index in [4.69, 9.17) is 5.73 Å². The molecule has 80 valence electrons. The fraction of sp³-hybridized carbons (Fsp3) is 0.200. The third kappa shape index (κ3) is 3.63. The van der Waals surface area contributed by atoms with E-state index in [1.54, 1.807) is 13.0 Å². The smallest absolute Gasteiger partial charge is 0.251 e. The van der Waals surface area contributed by atoms with Gasteiger partial charge in [-0.05, 0) is 30.7 Å². The first-order chi connectivity index (χ1) is 6.99. The van der Waals surface area contributed by atoms with Crippen LogP contribution in [0.2, 0.25) is 0 Å². The van der Waals surface area contributed by atoms with Crippen LogP contribution < -0.4 is 11.1 Å². The first-order valence-corrected chi connectivity index (χ1v) is 4.73. The van der Waals surface area contributed by atoms with E-state index in [1.807, 2.05) is 0 Å². The number of thiocarbonyl (C=S) groups is 1. The number of hydrogen-bond donors (Lipinski definition) is 2. The van der Waals surface area contributed by atoms with E-state index < -0.39 is 5.82 Å². The van der Waals surface area contributed by atoms with Crippen molar-refractivity contribution in [3.8, 4) is 0 Å². The normalized spacial score (nSPS) is 9.73. The van der Waals surface area contributed by atoms with Crippen LogP contribution in [0.3, 0.4) is 0 Å². The van der Waals surface area contributed by atoms with Crippen molar-refractivity contribution in [3.05, 3.63) is 35.1 Å². The average Bonchev–Trinajstić information content (AvgIpc) is 2.12. The molecule has 1 amide bonds. The van der Waals surface area contributed by atoms with Gasteiger partial charge in [0.1, 0.15) is 5.82 Å². The zero-order chi connectivity index (χ0) is 11.4. The highest BCUT2D eigenvalue weighted by Crippen LogP contribution is 2.07. The van der Waals surface area contributed by atoms with Crippen LogP contribution in [0.15, 0.2) is 18.2 Å². The van der Waals surface area contributed by atoms with Gasteiger partial charge >= 0.3 is 0 Å². The first-order valence-electron chi connectivity index (χ1n) is 4.33. The standard InChI is InChI=1S/C10H11FN2OS/c1-6-2-7(4-8(11)3-6)10(14)13-5-9(12)15/h2-4H,5H2,1H3,(H2,12,15)(H,13,14). The molecule has 0 bridgehead atoms. The lowest BCUT2D eigenvalue weighted by Crippen LogP contribution is -2.32. The van der Waals surface area contributed by atoms with Crippen molar-refractivity contribution < 1.29 is 9.18 Å². The van der Waals surface area contributed by atoms with Gasteiger partial charge in [0.25, 0.3) is 5.91 Å². The molecule has 0 aromatic heterocycles. The molecular weight excluding hydrogens is 215 g/mol. The number of nitrogens with two attached hydrogens (primary N) is 1. The minimum atomic E-state index is -0.435. The molecule has 0 aliphatic carbocycles. The third-order valence-corrected chi connectivity index (χ3v) is 1.87. The Morgan fingerprint density at radius 1 is 1.53 bits per heavy atom. The second-order valence-corrected chi connectivity index (χ2v) is 3.69. The summed E-state index contributed by atoms with van der Waals surface area (Å²) in [4.78, 5) is 11.7. The fourth-order valence-electron chi connectivity index (χ4n) is 1.14. The maximum Gasteiger partial charge on any atom is 0.251 e. The quantitative estimate of drug-likeness (QED) is 0.760. The van der Waals surface area contributed by atoms with Gasteiger partial charge in [-0.25, -0.2) is 4.39 Å². The summed E-state index contributed by atoms with van der Waals surface area (Å²) in [6.45, 7) is 1.83. The lowest BCUT2D eigenvalue weighted by Gasteiger charge is -2.04. The number of aryl methyl sites for hydroxylation is 1. The second kappa shape index (κ2) is 4.84. The van der Waals surface area contributed by atoms with Crippen LogP contribution in [0.1, 0.15) is 15.9 Å². The highest BCUT2D eigenvalue weighted by molar-refractivity contribution is 7.80. The molecule has 0 aliphatic rings. The molecular formula is C10H11FN2OS. The van der Waals surface area contributed by atoms with Crippen LogP contribution in [-0.2, 0) is 0 Å². The lowest BCUT2D eigenvalue weighted by atomic mass is 10.1. The van der Waals surface area contributed by atoms with Crippen LogP contribution in [0.25, 0.3) is 0 Å². The molecule has 0 atom stereocenters. The van der Waals surface area contributed by atoms with Gasteiger partial charge in [0, 0.05) is 5.56 Å². The molecule has 0 aliphatic heterocycles. The highest BCUT2D eigenvalue weighted by atomic mass is 32.1. The number of halogens is 1. The van der Waals surface area contributed by atoms with E-state index in [9.17, 15) is 9.18 Å². The fourth-order valence-corrected chi connectivity index (χ4v) is 1.21. The van der Waals surface area contributed by atoms with E-state index >= 15 is 0 Å². The Balaban J connectivity index is 2.77. The maximum atomic E-state index is 13.0. The van der Waals surface area contributed by atoms with Gasteiger partial charge < -0.3 is 11.1 Å². The molecule has 0 saturated heterocycles. The van der Waals surface area contributed by atoms with E-state index in [0.29, 0.717) is 5.56 Å². The molecule has 3 nitrogen and oxygen atoms in total. The number of nitrogens with one attached hydrogen (secondary N) is 1. The van der Waals surface area contributed by atoms with Gasteiger partial charge in [-0.3, -0.25) is 4.79 Å². The molecule has 0 fully saturated rings. The maximum absolute atomic E-state index is 13.0. The Hall–Kier alpha value is -1.49. The number of hydrogen-bond acceptors (Lipinski definition) is 2. The Bertz CT molecular complexity index is 386. The largest absolute Gasteiger partial charge is 0.392 e. The topological polar surface area (TPSA) is 55.1 Å². The molecule has 0 saturated carbocycles. The second-order valence-electron chi connectivity index (χ2n) is 3.17. The molecule has 0 unspecified atom stereocenters. The van der Waals surface area contributed by atoms with Gasteiger partial charge in [-0.1, -0.05) is 12.2 Å². The Morgan fingerprint density at radius 3 is 2.73 bits per heavy atom. The van der Waals surface area contributed by atoms with Crippen molar-refractivity contribution in [2.45, 2.75) is 6.92 Å². The summed E-state index contributed by atoms with van der Waals surface area (Å²) in [7, 11) is 0. The molecule has 1 aromatic rings. The Kier molecular flexibility index (Phi) is 3.74. The zero-order valence-electron chi connectivity index (χ0n) is 8.21. The number of carbonyl (C=O) groups excluding carboxylic acids is 1. The minimum Gasteiger partial charge on any atom is -0.392 e. The predicted octanol–water partition coefficient (Wildman–Crippen LogP) is 1.15. The summed E-state index contributed by atoms with van der Waals surface area (Å²) < 4.78 is 13.0. The molecule has 0 heterocycles. The van der Waals surface area contributed by atoms with Gasteiger partial charge in [0.15, 0.2) is 0 Å². The van der Waals surface area contributed by atoms with Gasteiger partial charge in [0.2, 0.25) is 0 Å². The third-order valence-electron chi connectivity index (χ3n) is 1.73.